The number of halogens is 1. The van der Waals surface area contributed by atoms with Gasteiger partial charge in [0, 0.05) is 23.7 Å². The van der Waals surface area contributed by atoms with Gasteiger partial charge in [-0.05, 0) is 41.5 Å². The first-order chi connectivity index (χ1) is 12.7. The fraction of sp³-hybridized carbons (Fsp3) is 0.100. The van der Waals surface area contributed by atoms with Crippen molar-refractivity contribution in [1.29, 1.82) is 0 Å². The first kappa shape index (κ1) is 16.6. The van der Waals surface area contributed by atoms with E-state index < -0.39 is 0 Å². The van der Waals surface area contributed by atoms with E-state index in [9.17, 15) is 9.18 Å². The predicted molar refractivity (Wildman–Crippen MR) is 105 cm³/mol. The molecule has 2 aromatic carbocycles. The minimum Gasteiger partial charge on any atom is -0.323 e. The number of benzene rings is 2. The molecule has 130 valence electrons. The van der Waals surface area contributed by atoms with E-state index in [0.717, 1.165) is 40.8 Å². The Kier molecular flexibility index (Phi) is 4.58. The molecule has 0 atom stereocenters. The van der Waals surface area contributed by atoms with E-state index in [4.69, 9.17) is 0 Å². The number of hydrogen-bond donors (Lipinski definition) is 1. The molecule has 0 unspecified atom stereocenters. The average molecular weight is 365 g/mol. The second-order valence-corrected chi connectivity index (χ2v) is 6.72. The summed E-state index contributed by atoms with van der Waals surface area (Å²) < 4.78 is 12.9. The summed E-state index contributed by atoms with van der Waals surface area (Å²) in [4.78, 5) is 18.7. The van der Waals surface area contributed by atoms with Gasteiger partial charge in [-0.3, -0.25) is 9.79 Å². The first-order valence-electron chi connectivity index (χ1n) is 8.23. The van der Waals surface area contributed by atoms with Gasteiger partial charge in [0.15, 0.2) is 5.17 Å². The average Bonchev–Trinajstić information content (AvgIpc) is 3.26. The third-order valence-corrected chi connectivity index (χ3v) is 5.02. The van der Waals surface area contributed by atoms with Crippen molar-refractivity contribution in [3.8, 4) is 0 Å². The molecule has 0 saturated carbocycles. The molecule has 26 heavy (non-hydrogen) atoms. The zero-order valence-corrected chi connectivity index (χ0v) is 14.7. The monoisotopic (exact) mass is 365 g/mol. The van der Waals surface area contributed by atoms with Gasteiger partial charge in [-0.2, -0.15) is 0 Å². The van der Waals surface area contributed by atoms with E-state index in [-0.39, 0.29) is 11.7 Å². The number of nitrogens with zero attached hydrogens (tertiary/aromatic N) is 2. The van der Waals surface area contributed by atoms with E-state index in [1.807, 2.05) is 24.3 Å². The Morgan fingerprint density at radius 2 is 1.92 bits per heavy atom. The molecule has 2 aromatic rings. The lowest BCUT2D eigenvalue weighted by Gasteiger charge is -2.16. The number of nitrogens with one attached hydrogen (secondary N) is 1. The number of anilines is 1. The molecule has 0 radical (unpaired) electrons. The highest BCUT2D eigenvalue weighted by atomic mass is 32.2. The van der Waals surface area contributed by atoms with Gasteiger partial charge in [-0.1, -0.05) is 36.0 Å². The largest absolute Gasteiger partial charge is 0.323 e. The van der Waals surface area contributed by atoms with Crippen molar-refractivity contribution in [2.24, 2.45) is 4.99 Å². The van der Waals surface area contributed by atoms with Crippen LogP contribution in [0.3, 0.4) is 0 Å². The van der Waals surface area contributed by atoms with Crippen LogP contribution in [-0.4, -0.2) is 29.1 Å². The molecular weight excluding hydrogens is 349 g/mol. The van der Waals surface area contributed by atoms with Crippen LogP contribution in [0.1, 0.15) is 11.1 Å². The Morgan fingerprint density at radius 1 is 1.15 bits per heavy atom. The van der Waals surface area contributed by atoms with E-state index in [0.29, 0.717) is 0 Å². The molecule has 6 heteroatoms. The molecule has 0 saturated heterocycles. The van der Waals surface area contributed by atoms with Crippen LogP contribution < -0.4 is 5.32 Å². The molecule has 1 N–H and O–H groups in total. The molecule has 0 aromatic heterocycles. The highest BCUT2D eigenvalue weighted by Gasteiger charge is 2.26. The number of thioether (sulfide) groups is 1. The summed E-state index contributed by atoms with van der Waals surface area (Å²) in [7, 11) is 0. The number of aliphatic imine (C=N–C) groups is 1. The molecule has 1 amide bonds. The smallest absolute Gasteiger partial charge is 0.248 e. The molecule has 2 aliphatic heterocycles. The first-order valence-corrected chi connectivity index (χ1v) is 9.11. The summed E-state index contributed by atoms with van der Waals surface area (Å²) in [6.45, 7) is 1.76. The highest BCUT2D eigenvalue weighted by Crippen LogP contribution is 2.35. The Bertz CT molecular complexity index is 917. The molecule has 0 fully saturated rings. The van der Waals surface area contributed by atoms with E-state index >= 15 is 0 Å². The van der Waals surface area contributed by atoms with Crippen LogP contribution >= 0.6 is 11.8 Å². The van der Waals surface area contributed by atoms with E-state index in [1.165, 1.54) is 18.2 Å². The quantitative estimate of drug-likeness (QED) is 0.826. The topological polar surface area (TPSA) is 44.7 Å². The third kappa shape index (κ3) is 3.55. The van der Waals surface area contributed by atoms with Gasteiger partial charge in [0.05, 0.1) is 12.2 Å². The standard InChI is InChI=1S/C20H16FN3OS/c21-16-6-1-14(2-7-16)3-10-19(25)23-17-8-4-15(5-9-17)18-13-26-20-22-11-12-24(18)20/h1-10,13H,11-12H2,(H,23,25). The van der Waals surface area contributed by atoms with E-state index in [2.05, 4.69) is 20.6 Å². The number of carbonyl (C=O) groups is 1. The van der Waals surface area contributed by atoms with Crippen LogP contribution in [0.15, 0.2) is 65.0 Å². The second kappa shape index (κ2) is 7.17. The number of fused-ring (bicyclic) bond motifs is 1. The SMILES string of the molecule is O=C(C=Cc1ccc(F)cc1)Nc1ccc(C2=CSC3=NCCN23)cc1. The van der Waals surface area contributed by atoms with Gasteiger partial charge in [-0.15, -0.1) is 0 Å². The molecule has 0 bridgehead atoms. The Morgan fingerprint density at radius 3 is 2.69 bits per heavy atom. The Hall–Kier alpha value is -2.86. The van der Waals surface area contributed by atoms with Crippen LogP contribution in [0, 0.1) is 5.82 Å². The lowest BCUT2D eigenvalue weighted by Crippen LogP contribution is -2.19. The number of carbonyl (C=O) groups excluding carboxylic acids is 1. The molecule has 4 nitrogen and oxygen atoms in total. The molecule has 2 heterocycles. The van der Waals surface area contributed by atoms with Crippen molar-refractivity contribution < 1.29 is 9.18 Å². The van der Waals surface area contributed by atoms with Crippen LogP contribution in [0.5, 0.6) is 0 Å². The van der Waals surface area contributed by atoms with Crippen LogP contribution in [-0.2, 0) is 4.79 Å². The number of hydrogen-bond acceptors (Lipinski definition) is 4. The summed E-state index contributed by atoms with van der Waals surface area (Å²) >= 11 is 1.65. The van der Waals surface area contributed by atoms with Crippen LogP contribution in [0.25, 0.3) is 11.8 Å². The van der Waals surface area contributed by atoms with Gasteiger partial charge >= 0.3 is 0 Å². The van der Waals surface area contributed by atoms with Crippen LogP contribution in [0.4, 0.5) is 10.1 Å². The molecule has 0 aliphatic carbocycles. The minimum atomic E-state index is -0.296. The maximum atomic E-state index is 12.9. The predicted octanol–water partition coefficient (Wildman–Crippen LogP) is 4.19. The lowest BCUT2D eigenvalue weighted by atomic mass is 10.1. The van der Waals surface area contributed by atoms with Crippen molar-refractivity contribution in [2.75, 3.05) is 18.4 Å². The maximum Gasteiger partial charge on any atom is 0.248 e. The number of amidine groups is 1. The molecular formula is C20H16FN3OS. The fourth-order valence-electron chi connectivity index (χ4n) is 2.80. The molecule has 2 aliphatic rings. The lowest BCUT2D eigenvalue weighted by molar-refractivity contribution is -0.111. The summed E-state index contributed by atoms with van der Waals surface area (Å²) in [5.41, 5.74) is 3.75. The maximum absolute atomic E-state index is 12.9. The summed E-state index contributed by atoms with van der Waals surface area (Å²) in [6.07, 6.45) is 3.09. The zero-order chi connectivity index (χ0) is 17.9. The summed E-state index contributed by atoms with van der Waals surface area (Å²) in [5.74, 6) is -0.526. The zero-order valence-electron chi connectivity index (χ0n) is 13.9. The van der Waals surface area contributed by atoms with Crippen molar-refractivity contribution in [3.05, 3.63) is 77.0 Å². The number of rotatable bonds is 4. The number of amides is 1. The second-order valence-electron chi connectivity index (χ2n) is 5.89. The van der Waals surface area contributed by atoms with Gasteiger partial charge in [0.25, 0.3) is 0 Å². The van der Waals surface area contributed by atoms with Crippen molar-refractivity contribution in [1.82, 2.24) is 4.90 Å². The van der Waals surface area contributed by atoms with Gasteiger partial charge in [0.1, 0.15) is 5.82 Å². The van der Waals surface area contributed by atoms with Gasteiger partial charge in [0.2, 0.25) is 5.91 Å². The normalized spacial score (nSPS) is 15.8. The summed E-state index contributed by atoms with van der Waals surface area (Å²) in [5, 5.41) is 5.99. The minimum absolute atomic E-state index is 0.230. The van der Waals surface area contributed by atoms with Gasteiger partial charge in [-0.25, -0.2) is 4.39 Å². The Labute approximate surface area is 155 Å². The third-order valence-electron chi connectivity index (χ3n) is 4.11. The summed E-state index contributed by atoms with van der Waals surface area (Å²) in [6, 6.07) is 13.7. The fourth-order valence-corrected chi connectivity index (χ4v) is 3.76. The molecule has 0 spiro atoms. The van der Waals surface area contributed by atoms with Crippen LogP contribution in [0.2, 0.25) is 0 Å². The Balaban J connectivity index is 1.39. The van der Waals surface area contributed by atoms with Crippen molar-refractivity contribution >= 4 is 40.3 Å². The molecule has 4 rings (SSSR count). The highest BCUT2D eigenvalue weighted by molar-refractivity contribution is 8.16. The van der Waals surface area contributed by atoms with Gasteiger partial charge < -0.3 is 10.2 Å². The van der Waals surface area contributed by atoms with E-state index in [1.54, 1.807) is 30.0 Å². The van der Waals surface area contributed by atoms with Crippen molar-refractivity contribution in [2.45, 2.75) is 0 Å². The van der Waals surface area contributed by atoms with Crippen molar-refractivity contribution in [3.63, 3.8) is 0 Å².